The molecular weight excluding hydrogens is 725 g/mol. The lowest BCUT2D eigenvalue weighted by molar-refractivity contribution is 1.000. The molecule has 1 aliphatic rings. The van der Waals surface area contributed by atoms with Gasteiger partial charge in [-0.2, -0.15) is 0 Å². The standard InChI is InChI=1S/C58H44N2/c1-2-4-18-33-56-55(31-17-3-1)58-54(32-20-34-57(58)60(56)51-28-15-8-16-29-51)46-25-19-30-53(42-46)59(50-26-13-7-14-27-50)52-37-35-45(36-38-52)49-40-47(43-21-9-5-10-22-43)39-48(41-49)44-23-11-6-12-24-44/h1-2,4-32,34-42H,3,33H2/b2-1-,18-4-,31-17-. The Balaban J connectivity index is 1.08. The summed E-state index contributed by atoms with van der Waals surface area (Å²) < 4.78 is 2.45. The Kier molecular flexibility index (Phi) is 10.2. The van der Waals surface area contributed by atoms with Gasteiger partial charge in [0.1, 0.15) is 0 Å². The number of anilines is 3. The highest BCUT2D eigenvalue weighted by Crippen LogP contribution is 2.42. The zero-order chi connectivity index (χ0) is 40.1. The van der Waals surface area contributed by atoms with Gasteiger partial charge in [-0.25, -0.2) is 0 Å². The first kappa shape index (κ1) is 36.6. The van der Waals surface area contributed by atoms with Gasteiger partial charge in [0.25, 0.3) is 0 Å². The highest BCUT2D eigenvalue weighted by molar-refractivity contribution is 6.04. The summed E-state index contributed by atoms with van der Waals surface area (Å²) in [5.41, 5.74) is 17.8. The van der Waals surface area contributed by atoms with Crippen molar-refractivity contribution in [3.63, 3.8) is 0 Å². The van der Waals surface area contributed by atoms with E-state index in [1.54, 1.807) is 0 Å². The maximum Gasteiger partial charge on any atom is 0.0544 e. The maximum absolute atomic E-state index is 2.45. The van der Waals surface area contributed by atoms with Crippen LogP contribution in [0.5, 0.6) is 0 Å². The van der Waals surface area contributed by atoms with E-state index < -0.39 is 0 Å². The molecule has 0 unspecified atom stereocenters. The van der Waals surface area contributed by atoms with Crippen LogP contribution in [0.4, 0.5) is 17.1 Å². The van der Waals surface area contributed by atoms with Crippen LogP contribution in [0.15, 0.2) is 237 Å². The Morgan fingerprint density at radius 3 is 1.58 bits per heavy atom. The van der Waals surface area contributed by atoms with E-state index in [4.69, 9.17) is 0 Å². The maximum atomic E-state index is 2.45. The van der Waals surface area contributed by atoms with Crippen LogP contribution in [0, 0.1) is 0 Å². The third-order valence-electron chi connectivity index (χ3n) is 11.4. The fourth-order valence-electron chi connectivity index (χ4n) is 8.62. The van der Waals surface area contributed by atoms with Gasteiger partial charge in [-0.15, -0.1) is 0 Å². The summed E-state index contributed by atoms with van der Waals surface area (Å²) in [5, 5.41) is 1.27. The molecule has 10 rings (SSSR count). The predicted octanol–water partition coefficient (Wildman–Crippen LogP) is 15.8. The minimum absolute atomic E-state index is 0.828. The largest absolute Gasteiger partial charge is 0.313 e. The number of hydrogen-bond acceptors (Lipinski definition) is 1. The van der Waals surface area contributed by atoms with E-state index in [-0.39, 0.29) is 0 Å². The van der Waals surface area contributed by atoms with Crippen molar-refractivity contribution in [3.8, 4) is 50.2 Å². The van der Waals surface area contributed by atoms with E-state index in [1.807, 2.05) is 0 Å². The molecule has 1 heterocycles. The lowest BCUT2D eigenvalue weighted by Crippen LogP contribution is -2.09. The van der Waals surface area contributed by atoms with E-state index in [9.17, 15) is 0 Å². The third kappa shape index (κ3) is 7.32. The van der Waals surface area contributed by atoms with E-state index in [1.165, 1.54) is 72.4 Å². The quantitative estimate of drug-likeness (QED) is 0.149. The number of aromatic nitrogens is 1. The average molecular weight is 769 g/mol. The van der Waals surface area contributed by atoms with Gasteiger partial charge < -0.3 is 9.47 Å². The number of hydrogen-bond donors (Lipinski definition) is 0. The summed E-state index contributed by atoms with van der Waals surface area (Å²) in [6.07, 6.45) is 15.2. The van der Waals surface area contributed by atoms with Gasteiger partial charge in [-0.1, -0.05) is 170 Å². The van der Waals surface area contributed by atoms with Crippen molar-refractivity contribution < 1.29 is 0 Å². The molecule has 2 nitrogen and oxygen atoms in total. The summed E-state index contributed by atoms with van der Waals surface area (Å²) in [7, 11) is 0. The molecule has 0 fully saturated rings. The van der Waals surface area contributed by atoms with Gasteiger partial charge in [0.15, 0.2) is 0 Å². The lowest BCUT2D eigenvalue weighted by atomic mass is 9.93. The molecule has 286 valence electrons. The normalized spacial score (nSPS) is 13.9. The lowest BCUT2D eigenvalue weighted by Gasteiger charge is -2.26. The second kappa shape index (κ2) is 16.7. The second-order valence-electron chi connectivity index (χ2n) is 15.2. The highest BCUT2D eigenvalue weighted by Gasteiger charge is 2.21. The first-order chi connectivity index (χ1) is 29.8. The van der Waals surface area contributed by atoms with Crippen molar-refractivity contribution in [2.75, 3.05) is 4.90 Å². The topological polar surface area (TPSA) is 8.17 Å². The van der Waals surface area contributed by atoms with Crippen LogP contribution in [0.2, 0.25) is 0 Å². The number of allylic oxidation sites excluding steroid dienone is 5. The summed E-state index contributed by atoms with van der Waals surface area (Å²) >= 11 is 0. The zero-order valence-electron chi connectivity index (χ0n) is 33.4. The van der Waals surface area contributed by atoms with Crippen LogP contribution in [-0.4, -0.2) is 4.57 Å². The van der Waals surface area contributed by atoms with Crippen molar-refractivity contribution >= 4 is 34.0 Å². The van der Waals surface area contributed by atoms with Crippen molar-refractivity contribution in [1.29, 1.82) is 0 Å². The molecule has 2 heteroatoms. The van der Waals surface area contributed by atoms with Crippen LogP contribution in [0.1, 0.15) is 17.7 Å². The van der Waals surface area contributed by atoms with Crippen LogP contribution in [-0.2, 0) is 6.42 Å². The Labute approximate surface area is 353 Å². The number of fused-ring (bicyclic) bond motifs is 3. The highest BCUT2D eigenvalue weighted by atomic mass is 15.1. The average Bonchev–Trinajstić information content (AvgIpc) is 3.65. The first-order valence-corrected chi connectivity index (χ1v) is 20.8. The Morgan fingerprint density at radius 2 is 0.917 bits per heavy atom. The Morgan fingerprint density at radius 1 is 0.383 bits per heavy atom. The molecule has 1 aliphatic carbocycles. The fraction of sp³-hybridized carbons (Fsp3) is 0.0345. The van der Waals surface area contributed by atoms with Gasteiger partial charge in [0.2, 0.25) is 0 Å². The molecule has 0 saturated carbocycles. The number of rotatable bonds is 8. The van der Waals surface area contributed by atoms with Gasteiger partial charge in [0, 0.05) is 45.8 Å². The molecule has 0 N–H and O–H groups in total. The van der Waals surface area contributed by atoms with Crippen molar-refractivity contribution in [1.82, 2.24) is 4.57 Å². The van der Waals surface area contributed by atoms with Gasteiger partial charge in [-0.05, 0) is 124 Å². The molecule has 0 amide bonds. The summed E-state index contributed by atoms with van der Waals surface area (Å²) in [5.74, 6) is 0. The molecule has 0 radical (unpaired) electrons. The van der Waals surface area contributed by atoms with E-state index in [0.717, 1.165) is 29.9 Å². The molecule has 0 aliphatic heterocycles. The summed E-state index contributed by atoms with van der Waals surface area (Å²) in [4.78, 5) is 2.37. The second-order valence-corrected chi connectivity index (χ2v) is 15.2. The number of nitrogens with zero attached hydrogens (tertiary/aromatic N) is 2. The number of benzene rings is 8. The SMILES string of the molecule is C1=C\C/C=C\c2c(n(-c3ccccc3)c3cccc(-c4cccc(N(c5ccccc5)c5ccc(-c6cc(-c7ccccc7)cc(-c7ccccc7)c6)cc5)c4)c23)C\C=C/1. The predicted molar refractivity (Wildman–Crippen MR) is 255 cm³/mol. The van der Waals surface area contributed by atoms with Crippen LogP contribution < -0.4 is 4.90 Å². The van der Waals surface area contributed by atoms with Gasteiger partial charge in [0.05, 0.1) is 5.52 Å². The summed E-state index contributed by atoms with van der Waals surface area (Å²) in [6.45, 7) is 0. The molecule has 9 aromatic rings. The fourth-order valence-corrected chi connectivity index (χ4v) is 8.62. The third-order valence-corrected chi connectivity index (χ3v) is 11.4. The molecule has 0 spiro atoms. The monoisotopic (exact) mass is 768 g/mol. The smallest absolute Gasteiger partial charge is 0.0544 e. The Hall–Kier alpha value is -7.68. The van der Waals surface area contributed by atoms with Gasteiger partial charge >= 0.3 is 0 Å². The van der Waals surface area contributed by atoms with E-state index >= 15 is 0 Å². The van der Waals surface area contributed by atoms with Crippen molar-refractivity contribution in [3.05, 3.63) is 248 Å². The van der Waals surface area contributed by atoms with Gasteiger partial charge in [-0.3, -0.25) is 0 Å². The minimum atomic E-state index is 0.828. The zero-order valence-corrected chi connectivity index (χ0v) is 33.4. The molecule has 0 saturated heterocycles. The minimum Gasteiger partial charge on any atom is -0.313 e. The Bertz CT molecular complexity index is 2930. The van der Waals surface area contributed by atoms with Crippen LogP contribution in [0.25, 0.3) is 67.2 Å². The molecule has 8 aromatic carbocycles. The molecule has 0 atom stereocenters. The molecular formula is C58H44N2. The van der Waals surface area contributed by atoms with E-state index in [0.29, 0.717) is 0 Å². The molecule has 0 bridgehead atoms. The first-order valence-electron chi connectivity index (χ1n) is 20.8. The number of para-hydroxylation sites is 2. The van der Waals surface area contributed by atoms with Crippen LogP contribution in [0.3, 0.4) is 0 Å². The van der Waals surface area contributed by atoms with Crippen molar-refractivity contribution in [2.24, 2.45) is 0 Å². The van der Waals surface area contributed by atoms with E-state index in [2.05, 4.69) is 252 Å². The van der Waals surface area contributed by atoms with Crippen molar-refractivity contribution in [2.45, 2.75) is 12.8 Å². The summed E-state index contributed by atoms with van der Waals surface area (Å²) in [6, 6.07) is 74.6. The molecule has 1 aromatic heterocycles. The molecule has 60 heavy (non-hydrogen) atoms. The van der Waals surface area contributed by atoms with Crippen LogP contribution >= 0.6 is 0 Å².